The van der Waals surface area contributed by atoms with Gasteiger partial charge < -0.3 is 5.32 Å². The molecule has 0 saturated carbocycles. The average molecular weight is 260 g/mol. The van der Waals surface area contributed by atoms with Gasteiger partial charge in [-0.25, -0.2) is 0 Å². The highest BCUT2D eigenvalue weighted by atomic mass is 35.5. The van der Waals surface area contributed by atoms with E-state index < -0.39 is 0 Å². The van der Waals surface area contributed by atoms with Gasteiger partial charge in [0.25, 0.3) is 5.91 Å². The van der Waals surface area contributed by atoms with Crippen LogP contribution in [0.25, 0.3) is 0 Å². The van der Waals surface area contributed by atoms with Crippen LogP contribution in [0.4, 0.5) is 5.69 Å². The topological polar surface area (TPSA) is 29.1 Å². The first-order valence-electron chi connectivity index (χ1n) is 5.70. The van der Waals surface area contributed by atoms with E-state index in [1.807, 2.05) is 38.1 Å². The zero-order valence-corrected chi connectivity index (χ0v) is 11.1. The Labute approximate surface area is 112 Å². The molecular weight excluding hydrogens is 246 g/mol. The summed E-state index contributed by atoms with van der Waals surface area (Å²) in [6, 6.07) is 12.9. The molecule has 0 bridgehead atoms. The highest BCUT2D eigenvalue weighted by Crippen LogP contribution is 2.21. The minimum atomic E-state index is -0.121. The van der Waals surface area contributed by atoms with Crippen molar-refractivity contribution in [3.63, 3.8) is 0 Å². The smallest absolute Gasteiger partial charge is 0.255 e. The third-order valence-corrected chi connectivity index (χ3v) is 2.96. The van der Waals surface area contributed by atoms with Crippen LogP contribution in [0.15, 0.2) is 42.5 Å². The molecule has 1 amide bonds. The highest BCUT2D eigenvalue weighted by molar-refractivity contribution is 6.31. The Bertz CT molecular complexity index is 593. The number of halogens is 1. The van der Waals surface area contributed by atoms with Gasteiger partial charge in [0.15, 0.2) is 0 Å². The summed E-state index contributed by atoms with van der Waals surface area (Å²) in [6.45, 7) is 3.89. The highest BCUT2D eigenvalue weighted by Gasteiger charge is 2.08. The molecule has 2 nitrogen and oxygen atoms in total. The lowest BCUT2D eigenvalue weighted by Gasteiger charge is -2.09. The summed E-state index contributed by atoms with van der Waals surface area (Å²) in [5.41, 5.74) is 3.44. The maximum Gasteiger partial charge on any atom is 0.255 e. The maximum atomic E-state index is 12.1. The van der Waals surface area contributed by atoms with Crippen LogP contribution in [0, 0.1) is 13.8 Å². The molecule has 2 aromatic carbocycles. The Kier molecular flexibility index (Phi) is 3.68. The van der Waals surface area contributed by atoms with Crippen LogP contribution in [0.5, 0.6) is 0 Å². The van der Waals surface area contributed by atoms with Crippen LogP contribution in [0.1, 0.15) is 21.5 Å². The van der Waals surface area contributed by atoms with E-state index in [0.29, 0.717) is 10.6 Å². The summed E-state index contributed by atoms with van der Waals surface area (Å²) in [6.07, 6.45) is 0. The third kappa shape index (κ3) is 2.90. The van der Waals surface area contributed by atoms with Gasteiger partial charge in [0.05, 0.1) is 0 Å². The van der Waals surface area contributed by atoms with Crippen molar-refractivity contribution >= 4 is 23.2 Å². The van der Waals surface area contributed by atoms with Gasteiger partial charge in [0.1, 0.15) is 0 Å². The number of hydrogen-bond acceptors (Lipinski definition) is 1. The SMILES string of the molecule is Cc1cccc(C(=O)Nc2cc(Cl)ccc2C)c1. The van der Waals surface area contributed by atoms with E-state index in [0.717, 1.165) is 16.8 Å². The fourth-order valence-corrected chi connectivity index (χ4v) is 1.88. The predicted molar refractivity (Wildman–Crippen MR) is 75.3 cm³/mol. The summed E-state index contributed by atoms with van der Waals surface area (Å²) < 4.78 is 0. The van der Waals surface area contributed by atoms with Crippen LogP contribution in [0.3, 0.4) is 0 Å². The Morgan fingerprint density at radius 2 is 1.89 bits per heavy atom. The molecule has 0 radical (unpaired) electrons. The predicted octanol–water partition coefficient (Wildman–Crippen LogP) is 4.21. The first-order valence-corrected chi connectivity index (χ1v) is 6.08. The maximum absolute atomic E-state index is 12.1. The van der Waals surface area contributed by atoms with Gasteiger partial charge >= 0.3 is 0 Å². The summed E-state index contributed by atoms with van der Waals surface area (Å²) >= 11 is 5.92. The van der Waals surface area contributed by atoms with Gasteiger partial charge in [-0.1, -0.05) is 35.4 Å². The largest absolute Gasteiger partial charge is 0.322 e. The van der Waals surface area contributed by atoms with Crippen molar-refractivity contribution in [2.75, 3.05) is 5.32 Å². The molecule has 0 aromatic heterocycles. The van der Waals surface area contributed by atoms with Crippen molar-refractivity contribution < 1.29 is 4.79 Å². The molecule has 18 heavy (non-hydrogen) atoms. The molecular formula is C15H14ClNO. The molecule has 0 spiro atoms. The molecule has 0 aliphatic heterocycles. The first-order chi connectivity index (χ1) is 8.56. The van der Waals surface area contributed by atoms with Gasteiger partial charge in [-0.2, -0.15) is 0 Å². The zero-order chi connectivity index (χ0) is 13.1. The van der Waals surface area contributed by atoms with E-state index in [1.165, 1.54) is 0 Å². The monoisotopic (exact) mass is 259 g/mol. The zero-order valence-electron chi connectivity index (χ0n) is 10.3. The number of carbonyl (C=O) groups is 1. The van der Waals surface area contributed by atoms with E-state index in [4.69, 9.17) is 11.6 Å². The number of benzene rings is 2. The number of anilines is 1. The van der Waals surface area contributed by atoms with E-state index in [-0.39, 0.29) is 5.91 Å². The molecule has 92 valence electrons. The average Bonchev–Trinajstić information content (AvgIpc) is 2.34. The molecule has 3 heteroatoms. The van der Waals surface area contributed by atoms with Crippen molar-refractivity contribution in [3.8, 4) is 0 Å². The molecule has 0 heterocycles. The van der Waals surface area contributed by atoms with Crippen molar-refractivity contribution in [1.29, 1.82) is 0 Å². The number of carbonyl (C=O) groups excluding carboxylic acids is 1. The van der Waals surface area contributed by atoms with Crippen molar-refractivity contribution in [1.82, 2.24) is 0 Å². The molecule has 0 aliphatic carbocycles. The second-order valence-electron chi connectivity index (χ2n) is 4.28. The summed E-state index contributed by atoms with van der Waals surface area (Å²) in [7, 11) is 0. The van der Waals surface area contributed by atoms with Gasteiger partial charge in [-0.05, 0) is 43.7 Å². The molecule has 0 unspecified atom stereocenters. The second kappa shape index (κ2) is 5.23. The summed E-state index contributed by atoms with van der Waals surface area (Å²) in [4.78, 5) is 12.1. The molecule has 1 N–H and O–H groups in total. The number of amides is 1. The summed E-state index contributed by atoms with van der Waals surface area (Å²) in [5.74, 6) is -0.121. The van der Waals surface area contributed by atoms with Crippen LogP contribution in [-0.2, 0) is 0 Å². The van der Waals surface area contributed by atoms with E-state index in [1.54, 1.807) is 18.2 Å². The van der Waals surface area contributed by atoms with E-state index in [9.17, 15) is 4.79 Å². The molecule has 0 atom stereocenters. The van der Waals surface area contributed by atoms with Crippen molar-refractivity contribution in [3.05, 3.63) is 64.2 Å². The molecule has 2 aromatic rings. The van der Waals surface area contributed by atoms with Crippen LogP contribution in [0.2, 0.25) is 5.02 Å². The van der Waals surface area contributed by atoms with Crippen molar-refractivity contribution in [2.24, 2.45) is 0 Å². The lowest BCUT2D eigenvalue weighted by atomic mass is 10.1. The van der Waals surface area contributed by atoms with E-state index >= 15 is 0 Å². The van der Waals surface area contributed by atoms with Gasteiger partial charge in [0.2, 0.25) is 0 Å². The normalized spacial score (nSPS) is 10.2. The fraction of sp³-hybridized carbons (Fsp3) is 0.133. The minimum absolute atomic E-state index is 0.121. The Hall–Kier alpha value is -1.80. The van der Waals surface area contributed by atoms with Gasteiger partial charge in [0, 0.05) is 16.3 Å². The Morgan fingerprint density at radius 3 is 2.61 bits per heavy atom. The second-order valence-corrected chi connectivity index (χ2v) is 4.72. The van der Waals surface area contributed by atoms with Gasteiger partial charge in [-0.3, -0.25) is 4.79 Å². The lowest BCUT2D eigenvalue weighted by molar-refractivity contribution is 0.102. The van der Waals surface area contributed by atoms with Gasteiger partial charge in [-0.15, -0.1) is 0 Å². The number of rotatable bonds is 2. The first kappa shape index (κ1) is 12.7. The molecule has 2 rings (SSSR count). The van der Waals surface area contributed by atoms with E-state index in [2.05, 4.69) is 5.32 Å². The Morgan fingerprint density at radius 1 is 1.11 bits per heavy atom. The molecule has 0 saturated heterocycles. The summed E-state index contributed by atoms with van der Waals surface area (Å²) in [5, 5.41) is 3.48. The fourth-order valence-electron chi connectivity index (χ4n) is 1.71. The third-order valence-electron chi connectivity index (χ3n) is 2.73. The number of aryl methyl sites for hydroxylation is 2. The standard InChI is InChI=1S/C15H14ClNO/c1-10-4-3-5-12(8-10)15(18)17-14-9-13(16)7-6-11(14)2/h3-9H,1-2H3,(H,17,18). The number of nitrogens with one attached hydrogen (secondary N) is 1. The van der Waals surface area contributed by atoms with Crippen LogP contribution < -0.4 is 5.32 Å². The van der Waals surface area contributed by atoms with Crippen LogP contribution in [-0.4, -0.2) is 5.91 Å². The molecule has 0 aliphatic rings. The van der Waals surface area contributed by atoms with Crippen LogP contribution >= 0.6 is 11.6 Å². The minimum Gasteiger partial charge on any atom is -0.322 e. The molecule has 0 fully saturated rings. The lowest BCUT2D eigenvalue weighted by Crippen LogP contribution is -2.12. The Balaban J connectivity index is 2.24. The number of hydrogen-bond donors (Lipinski definition) is 1. The quantitative estimate of drug-likeness (QED) is 0.860. The van der Waals surface area contributed by atoms with Crippen molar-refractivity contribution in [2.45, 2.75) is 13.8 Å².